The number of halogens is 1. The number of amides is 2. The zero-order valence-electron chi connectivity index (χ0n) is 16.1. The summed E-state index contributed by atoms with van der Waals surface area (Å²) >= 11 is 0. The molecule has 2 heterocycles. The number of para-hydroxylation sites is 1. The van der Waals surface area contributed by atoms with Crippen LogP contribution in [0.3, 0.4) is 0 Å². The Morgan fingerprint density at radius 1 is 1.10 bits per heavy atom. The van der Waals surface area contributed by atoms with E-state index in [9.17, 15) is 14.0 Å². The van der Waals surface area contributed by atoms with Crippen LogP contribution < -0.4 is 9.64 Å². The van der Waals surface area contributed by atoms with Gasteiger partial charge in [-0.25, -0.2) is 4.39 Å². The first-order chi connectivity index (χ1) is 14.0. The van der Waals surface area contributed by atoms with E-state index in [1.54, 1.807) is 9.80 Å². The third kappa shape index (κ3) is 4.40. The molecule has 0 aliphatic carbocycles. The Hall–Kier alpha value is -2.93. The summed E-state index contributed by atoms with van der Waals surface area (Å²) < 4.78 is 24.4. The molecule has 0 N–H and O–H groups in total. The molecule has 29 heavy (non-hydrogen) atoms. The fraction of sp³-hybridized carbons (Fsp3) is 0.364. The molecule has 152 valence electrons. The van der Waals surface area contributed by atoms with Gasteiger partial charge in [-0.15, -0.1) is 0 Å². The number of ether oxygens (including phenoxy) is 2. The van der Waals surface area contributed by atoms with Crippen molar-refractivity contribution in [2.24, 2.45) is 0 Å². The van der Waals surface area contributed by atoms with Gasteiger partial charge in [0.15, 0.2) is 6.61 Å². The van der Waals surface area contributed by atoms with Crippen molar-refractivity contribution in [1.82, 2.24) is 4.90 Å². The molecule has 2 fully saturated rings. The topological polar surface area (TPSA) is 59.1 Å². The number of carbonyl (C=O) groups excluding carboxylic acids is 2. The maximum Gasteiger partial charge on any atom is 0.260 e. The van der Waals surface area contributed by atoms with E-state index in [1.165, 1.54) is 24.3 Å². The summed E-state index contributed by atoms with van der Waals surface area (Å²) in [6, 6.07) is 15.1. The van der Waals surface area contributed by atoms with Crippen LogP contribution >= 0.6 is 0 Å². The zero-order chi connectivity index (χ0) is 20.3. The highest BCUT2D eigenvalue weighted by molar-refractivity contribution is 5.95. The number of morpholine rings is 1. The highest BCUT2D eigenvalue weighted by Gasteiger charge is 2.44. The van der Waals surface area contributed by atoms with Gasteiger partial charge in [-0.3, -0.25) is 9.59 Å². The maximum absolute atomic E-state index is 13.0. The van der Waals surface area contributed by atoms with E-state index in [1.807, 2.05) is 30.3 Å². The van der Waals surface area contributed by atoms with Crippen molar-refractivity contribution >= 4 is 17.5 Å². The van der Waals surface area contributed by atoms with Crippen molar-refractivity contribution in [3.8, 4) is 5.75 Å². The van der Waals surface area contributed by atoms with Crippen LogP contribution in [0.2, 0.25) is 0 Å². The second-order valence-electron chi connectivity index (χ2n) is 7.45. The minimum atomic E-state index is -0.576. The third-order valence-electron chi connectivity index (χ3n) is 5.39. The lowest BCUT2D eigenvalue weighted by Gasteiger charge is -2.47. The first-order valence-electron chi connectivity index (χ1n) is 9.70. The SMILES string of the molecule is O=C(COc1ccc(F)cc1)N1CCCC2(C1)CN(c1ccccc1)C(=O)CO2. The minimum Gasteiger partial charge on any atom is -0.484 e. The summed E-state index contributed by atoms with van der Waals surface area (Å²) in [5.74, 6) is -0.139. The molecule has 0 bridgehead atoms. The smallest absolute Gasteiger partial charge is 0.260 e. The highest BCUT2D eigenvalue weighted by atomic mass is 19.1. The van der Waals surface area contributed by atoms with E-state index in [4.69, 9.17) is 9.47 Å². The van der Waals surface area contributed by atoms with Crippen molar-refractivity contribution in [2.45, 2.75) is 18.4 Å². The lowest BCUT2D eigenvalue weighted by Crippen LogP contribution is -2.62. The van der Waals surface area contributed by atoms with E-state index >= 15 is 0 Å². The molecule has 4 rings (SSSR count). The van der Waals surface area contributed by atoms with Crippen LogP contribution in [0.4, 0.5) is 10.1 Å². The zero-order valence-corrected chi connectivity index (χ0v) is 16.1. The summed E-state index contributed by atoms with van der Waals surface area (Å²) in [7, 11) is 0. The molecule has 6 nitrogen and oxygen atoms in total. The first-order valence-corrected chi connectivity index (χ1v) is 9.70. The van der Waals surface area contributed by atoms with Crippen molar-refractivity contribution in [2.75, 3.05) is 37.7 Å². The number of likely N-dealkylation sites (tertiary alicyclic amines) is 1. The van der Waals surface area contributed by atoms with Crippen LogP contribution in [0.25, 0.3) is 0 Å². The van der Waals surface area contributed by atoms with Gasteiger partial charge in [0.2, 0.25) is 0 Å². The monoisotopic (exact) mass is 398 g/mol. The predicted molar refractivity (Wildman–Crippen MR) is 105 cm³/mol. The molecule has 2 aliphatic heterocycles. The molecule has 1 unspecified atom stereocenters. The van der Waals surface area contributed by atoms with E-state index in [0.29, 0.717) is 25.4 Å². The fourth-order valence-corrected chi connectivity index (χ4v) is 3.88. The lowest BCUT2D eigenvalue weighted by molar-refractivity contribution is -0.154. The van der Waals surface area contributed by atoms with Gasteiger partial charge in [0.05, 0.1) is 13.1 Å². The van der Waals surface area contributed by atoms with Gasteiger partial charge in [-0.2, -0.15) is 0 Å². The van der Waals surface area contributed by atoms with Gasteiger partial charge in [0, 0.05) is 12.2 Å². The van der Waals surface area contributed by atoms with Gasteiger partial charge in [-0.1, -0.05) is 18.2 Å². The maximum atomic E-state index is 13.0. The Morgan fingerprint density at radius 2 is 1.86 bits per heavy atom. The summed E-state index contributed by atoms with van der Waals surface area (Å²) in [5, 5.41) is 0. The summed E-state index contributed by atoms with van der Waals surface area (Å²) in [6.07, 6.45) is 1.57. The molecule has 1 spiro atoms. The highest BCUT2D eigenvalue weighted by Crippen LogP contribution is 2.31. The number of carbonyl (C=O) groups is 2. The number of piperidine rings is 1. The molecule has 0 aromatic heterocycles. The Balaban J connectivity index is 1.41. The molecular weight excluding hydrogens is 375 g/mol. The quantitative estimate of drug-likeness (QED) is 0.795. The number of hydrogen-bond donors (Lipinski definition) is 0. The van der Waals surface area contributed by atoms with Gasteiger partial charge in [-0.05, 0) is 49.2 Å². The standard InChI is InChI=1S/C22H23FN2O4/c23-17-7-9-19(10-8-17)28-13-20(26)24-12-4-11-22(15-24)16-25(21(27)14-29-22)18-5-2-1-3-6-18/h1-3,5-10H,4,11-16H2. The van der Waals surface area contributed by atoms with Crippen molar-refractivity contribution in [3.05, 3.63) is 60.4 Å². The largest absolute Gasteiger partial charge is 0.484 e. The Kier molecular flexibility index (Phi) is 5.49. The molecule has 2 aromatic rings. The van der Waals surface area contributed by atoms with Crippen molar-refractivity contribution in [1.29, 1.82) is 0 Å². The van der Waals surface area contributed by atoms with Crippen molar-refractivity contribution < 1.29 is 23.5 Å². The van der Waals surface area contributed by atoms with Gasteiger partial charge >= 0.3 is 0 Å². The van der Waals surface area contributed by atoms with Crippen LogP contribution in [0, 0.1) is 5.82 Å². The van der Waals surface area contributed by atoms with Crippen LogP contribution in [0.5, 0.6) is 5.75 Å². The number of benzene rings is 2. The molecule has 2 aromatic carbocycles. The Bertz CT molecular complexity index is 874. The van der Waals surface area contributed by atoms with Crippen LogP contribution in [-0.2, 0) is 14.3 Å². The molecule has 2 saturated heterocycles. The average Bonchev–Trinajstić information content (AvgIpc) is 2.76. The Morgan fingerprint density at radius 3 is 2.62 bits per heavy atom. The van der Waals surface area contributed by atoms with Crippen LogP contribution in [-0.4, -0.2) is 55.2 Å². The van der Waals surface area contributed by atoms with Gasteiger partial charge < -0.3 is 19.3 Å². The summed E-state index contributed by atoms with van der Waals surface area (Å²) in [5.41, 5.74) is 0.261. The van der Waals surface area contributed by atoms with E-state index in [0.717, 1.165) is 18.5 Å². The predicted octanol–water partition coefficient (Wildman–Crippen LogP) is 2.63. The molecule has 0 radical (unpaired) electrons. The molecule has 0 saturated carbocycles. The van der Waals surface area contributed by atoms with Gasteiger partial charge in [0.1, 0.15) is 23.8 Å². The summed E-state index contributed by atoms with van der Waals surface area (Å²) in [4.78, 5) is 28.5. The van der Waals surface area contributed by atoms with Crippen molar-refractivity contribution in [3.63, 3.8) is 0 Å². The van der Waals surface area contributed by atoms with E-state index < -0.39 is 5.60 Å². The van der Waals surface area contributed by atoms with Crippen LogP contribution in [0.15, 0.2) is 54.6 Å². The van der Waals surface area contributed by atoms with Crippen LogP contribution in [0.1, 0.15) is 12.8 Å². The molecule has 7 heteroatoms. The molecule has 2 aliphatic rings. The number of rotatable bonds is 4. The lowest BCUT2D eigenvalue weighted by atomic mass is 9.90. The molecule has 1 atom stereocenters. The molecule has 2 amide bonds. The van der Waals surface area contributed by atoms with E-state index in [-0.39, 0.29) is 30.8 Å². The Labute approximate surface area is 168 Å². The number of nitrogens with zero attached hydrogens (tertiary/aromatic N) is 2. The van der Waals surface area contributed by atoms with E-state index in [2.05, 4.69) is 0 Å². The summed E-state index contributed by atoms with van der Waals surface area (Å²) in [6.45, 7) is 1.33. The number of anilines is 1. The third-order valence-corrected chi connectivity index (χ3v) is 5.39. The number of hydrogen-bond acceptors (Lipinski definition) is 4. The average molecular weight is 398 g/mol. The normalized spacial score (nSPS) is 22.0. The fourth-order valence-electron chi connectivity index (χ4n) is 3.88. The second kappa shape index (κ2) is 8.21. The first kappa shape index (κ1) is 19.4. The molecular formula is C22H23FN2O4. The second-order valence-corrected chi connectivity index (χ2v) is 7.45. The minimum absolute atomic E-state index is 0.00298. The van der Waals surface area contributed by atoms with Gasteiger partial charge in [0.25, 0.3) is 11.8 Å².